The maximum Gasteiger partial charge on any atom is 0.380 e. The number of nitriles is 1. The molecule has 0 aliphatic heterocycles. The molecule has 1 atom stereocenters. The third-order valence-electron chi connectivity index (χ3n) is 6.83. The van der Waals surface area contributed by atoms with Gasteiger partial charge in [-0.15, -0.1) is 5.16 Å². The average molecular weight is 467 g/mol. The van der Waals surface area contributed by atoms with Crippen LogP contribution in [0.1, 0.15) is 57.8 Å². The molecular formula is C30H34N2OSi. The standard InChI is InChI=1S/C30H34N2OSi/c31-25-26-15-7-2-1-3-8-16-27(24-23-26)32-33-34(28-17-9-4-10-18-28,29-19-11-5-12-20-29)30-21-13-6-14-22-30/h4-6,9-14,17-22,26H,1-3,7-8,15-16,23-24H2. The number of nitrogens with zero attached hydrogens (tertiary/aromatic N) is 2. The van der Waals surface area contributed by atoms with Crippen LogP contribution in [0.2, 0.25) is 0 Å². The van der Waals surface area contributed by atoms with Crippen molar-refractivity contribution in [2.75, 3.05) is 0 Å². The van der Waals surface area contributed by atoms with Gasteiger partial charge >= 0.3 is 8.32 Å². The lowest BCUT2D eigenvalue weighted by Gasteiger charge is -2.30. The second kappa shape index (κ2) is 12.3. The summed E-state index contributed by atoms with van der Waals surface area (Å²) >= 11 is 0. The maximum absolute atomic E-state index is 9.62. The van der Waals surface area contributed by atoms with Gasteiger partial charge < -0.3 is 4.53 Å². The molecule has 4 rings (SSSR count). The van der Waals surface area contributed by atoms with Crippen molar-refractivity contribution in [3.8, 4) is 6.07 Å². The molecule has 0 bridgehead atoms. The lowest BCUT2D eigenvalue weighted by atomic mass is 9.96. The second-order valence-corrected chi connectivity index (χ2v) is 12.5. The highest BCUT2D eigenvalue weighted by atomic mass is 28.4. The normalized spacial score (nSPS) is 19.0. The predicted molar refractivity (Wildman–Crippen MR) is 143 cm³/mol. The summed E-state index contributed by atoms with van der Waals surface area (Å²) in [5.74, 6) is 0.114. The first kappa shape index (κ1) is 24.0. The van der Waals surface area contributed by atoms with Crippen LogP contribution in [0.3, 0.4) is 0 Å². The van der Waals surface area contributed by atoms with Crippen molar-refractivity contribution in [2.24, 2.45) is 11.1 Å². The minimum Gasteiger partial charge on any atom is -0.438 e. The quantitative estimate of drug-likeness (QED) is 0.275. The lowest BCUT2D eigenvalue weighted by molar-refractivity contribution is 0.344. The Balaban J connectivity index is 1.76. The Morgan fingerprint density at radius 3 is 1.68 bits per heavy atom. The molecular weight excluding hydrogens is 432 g/mol. The van der Waals surface area contributed by atoms with Gasteiger partial charge in [-0.2, -0.15) is 5.26 Å². The zero-order chi connectivity index (χ0) is 23.5. The van der Waals surface area contributed by atoms with Crippen molar-refractivity contribution in [3.05, 3.63) is 91.0 Å². The van der Waals surface area contributed by atoms with Gasteiger partial charge in [-0.05, 0) is 47.7 Å². The third-order valence-corrected chi connectivity index (χ3v) is 10.6. The summed E-state index contributed by atoms with van der Waals surface area (Å²) < 4.78 is 6.84. The van der Waals surface area contributed by atoms with Crippen molar-refractivity contribution in [1.29, 1.82) is 5.26 Å². The molecule has 1 saturated carbocycles. The van der Waals surface area contributed by atoms with E-state index < -0.39 is 8.32 Å². The van der Waals surface area contributed by atoms with Crippen LogP contribution in [0.15, 0.2) is 96.2 Å². The highest BCUT2D eigenvalue weighted by Gasteiger charge is 2.45. The van der Waals surface area contributed by atoms with Gasteiger partial charge in [0.25, 0.3) is 0 Å². The van der Waals surface area contributed by atoms with Crippen LogP contribution in [0.4, 0.5) is 0 Å². The van der Waals surface area contributed by atoms with Crippen LogP contribution in [0.5, 0.6) is 0 Å². The molecule has 174 valence electrons. The fourth-order valence-electron chi connectivity index (χ4n) is 4.89. The zero-order valence-electron chi connectivity index (χ0n) is 19.9. The summed E-state index contributed by atoms with van der Waals surface area (Å²) in [4.78, 5) is 0. The van der Waals surface area contributed by atoms with E-state index in [4.69, 9.17) is 9.68 Å². The van der Waals surface area contributed by atoms with Crippen LogP contribution in [0, 0.1) is 17.2 Å². The maximum atomic E-state index is 9.62. The largest absolute Gasteiger partial charge is 0.438 e. The van der Waals surface area contributed by atoms with Gasteiger partial charge in [0.1, 0.15) is 0 Å². The minimum atomic E-state index is -2.85. The van der Waals surface area contributed by atoms with Gasteiger partial charge in [0, 0.05) is 5.92 Å². The monoisotopic (exact) mass is 466 g/mol. The second-order valence-electron chi connectivity index (χ2n) is 9.20. The molecule has 1 aliphatic carbocycles. The molecule has 3 nitrogen and oxygen atoms in total. The molecule has 0 radical (unpaired) electrons. The van der Waals surface area contributed by atoms with Gasteiger partial charge in [-0.25, -0.2) is 0 Å². The van der Waals surface area contributed by atoms with Crippen molar-refractivity contribution in [1.82, 2.24) is 0 Å². The van der Waals surface area contributed by atoms with E-state index in [1.165, 1.54) is 34.8 Å². The van der Waals surface area contributed by atoms with Gasteiger partial charge in [0.15, 0.2) is 0 Å². The SMILES string of the molecule is N#CC1CCCCCCCC(=NO[Si](c2ccccc2)(c2ccccc2)c2ccccc2)CC1. The number of hydrogen-bond acceptors (Lipinski definition) is 3. The first-order chi connectivity index (χ1) is 16.8. The van der Waals surface area contributed by atoms with E-state index in [-0.39, 0.29) is 5.92 Å². The topological polar surface area (TPSA) is 45.4 Å². The number of oxime groups is 1. The Labute approximate surface area is 205 Å². The molecule has 34 heavy (non-hydrogen) atoms. The summed E-state index contributed by atoms with van der Waals surface area (Å²) in [6.07, 6.45) is 9.63. The lowest BCUT2D eigenvalue weighted by Crippen LogP contribution is -2.68. The minimum absolute atomic E-state index is 0.114. The Bertz CT molecular complexity index is 980. The highest BCUT2D eigenvalue weighted by Crippen LogP contribution is 2.21. The fraction of sp³-hybridized carbons (Fsp3) is 0.333. The van der Waals surface area contributed by atoms with Gasteiger partial charge in [0.05, 0.1) is 11.8 Å². The van der Waals surface area contributed by atoms with Crippen LogP contribution in [-0.2, 0) is 4.53 Å². The van der Waals surface area contributed by atoms with Crippen LogP contribution < -0.4 is 15.6 Å². The van der Waals surface area contributed by atoms with Gasteiger partial charge in [0.2, 0.25) is 0 Å². The van der Waals surface area contributed by atoms with Crippen molar-refractivity contribution in [2.45, 2.75) is 57.8 Å². The van der Waals surface area contributed by atoms with E-state index in [0.29, 0.717) is 0 Å². The summed E-state index contributed by atoms with van der Waals surface area (Å²) in [6.45, 7) is 0. The molecule has 0 saturated heterocycles. The summed E-state index contributed by atoms with van der Waals surface area (Å²) in [6, 6.07) is 34.3. The smallest absolute Gasteiger partial charge is 0.380 e. The van der Waals surface area contributed by atoms with Crippen molar-refractivity contribution >= 4 is 29.6 Å². The Kier molecular flexibility index (Phi) is 8.70. The average Bonchev–Trinajstić information content (AvgIpc) is 2.96. The Morgan fingerprint density at radius 2 is 1.15 bits per heavy atom. The molecule has 1 aliphatic rings. The number of hydrogen-bond donors (Lipinski definition) is 0. The van der Waals surface area contributed by atoms with E-state index in [9.17, 15) is 5.26 Å². The molecule has 0 spiro atoms. The Morgan fingerprint density at radius 1 is 0.647 bits per heavy atom. The zero-order valence-corrected chi connectivity index (χ0v) is 20.9. The van der Waals surface area contributed by atoms with E-state index in [1.54, 1.807) is 0 Å². The molecule has 1 unspecified atom stereocenters. The molecule has 4 heteroatoms. The Hall–Kier alpha value is -3.16. The van der Waals surface area contributed by atoms with E-state index in [1.807, 2.05) is 0 Å². The summed E-state index contributed by atoms with van der Waals surface area (Å²) in [7, 11) is -2.85. The third kappa shape index (κ3) is 5.84. The molecule has 3 aromatic rings. The highest BCUT2D eigenvalue weighted by molar-refractivity contribution is 7.07. The summed E-state index contributed by atoms with van der Waals surface area (Å²) in [5, 5.41) is 18.1. The van der Waals surface area contributed by atoms with E-state index in [0.717, 1.165) is 44.2 Å². The fourth-order valence-corrected chi connectivity index (χ4v) is 8.46. The first-order valence-corrected chi connectivity index (χ1v) is 14.5. The first-order valence-electron chi connectivity index (χ1n) is 12.6. The molecule has 1 fully saturated rings. The molecule has 0 heterocycles. The van der Waals surface area contributed by atoms with Gasteiger partial charge in [-0.1, -0.05) is 117 Å². The predicted octanol–water partition coefficient (Wildman–Crippen LogP) is 5.69. The van der Waals surface area contributed by atoms with Crippen LogP contribution >= 0.6 is 0 Å². The van der Waals surface area contributed by atoms with Crippen LogP contribution in [-0.4, -0.2) is 14.0 Å². The number of rotatable bonds is 5. The molecule has 0 aromatic heterocycles. The van der Waals surface area contributed by atoms with E-state index >= 15 is 0 Å². The van der Waals surface area contributed by atoms with Crippen LogP contribution in [0.25, 0.3) is 0 Å². The van der Waals surface area contributed by atoms with Crippen molar-refractivity contribution < 1.29 is 4.53 Å². The molecule has 3 aromatic carbocycles. The number of benzene rings is 3. The van der Waals surface area contributed by atoms with Gasteiger partial charge in [-0.3, -0.25) is 0 Å². The van der Waals surface area contributed by atoms with E-state index in [2.05, 4.69) is 97.1 Å². The van der Waals surface area contributed by atoms with Crippen molar-refractivity contribution in [3.63, 3.8) is 0 Å². The molecule has 0 N–H and O–H groups in total. The summed E-state index contributed by atoms with van der Waals surface area (Å²) in [5.41, 5.74) is 1.10. The molecule has 0 amide bonds.